The summed E-state index contributed by atoms with van der Waals surface area (Å²) in [6, 6.07) is 7.16. The van der Waals surface area contributed by atoms with E-state index in [1.807, 2.05) is 12.1 Å². The van der Waals surface area contributed by atoms with Crippen LogP contribution in [0.3, 0.4) is 0 Å². The average molecular weight is 441 g/mol. The molecule has 6 nitrogen and oxygen atoms in total. The fraction of sp³-hybridized carbons (Fsp3) is 0.421. The molecule has 2 aromatic rings. The van der Waals surface area contributed by atoms with Crippen LogP contribution < -0.4 is 5.32 Å². The minimum Gasteiger partial charge on any atom is -0.340 e. The zero-order valence-electron chi connectivity index (χ0n) is 15.5. The van der Waals surface area contributed by atoms with Crippen molar-refractivity contribution in [2.24, 2.45) is 5.92 Å². The molecule has 0 bridgehead atoms. The van der Waals surface area contributed by atoms with E-state index >= 15 is 0 Å². The molecule has 0 saturated carbocycles. The molecule has 0 atom stereocenters. The lowest BCUT2D eigenvalue weighted by Crippen LogP contribution is -2.43. The minimum atomic E-state index is -0.0742. The molecule has 1 aliphatic rings. The number of nitrogens with one attached hydrogen (secondary N) is 1. The van der Waals surface area contributed by atoms with Gasteiger partial charge in [-0.2, -0.15) is 0 Å². The highest BCUT2D eigenvalue weighted by molar-refractivity contribution is 7.16. The van der Waals surface area contributed by atoms with E-state index in [9.17, 15) is 9.59 Å². The average Bonchev–Trinajstić information content (AvgIpc) is 3.08. The third-order valence-corrected chi connectivity index (χ3v) is 6.18. The summed E-state index contributed by atoms with van der Waals surface area (Å²) in [7, 11) is 1.80. The summed E-state index contributed by atoms with van der Waals surface area (Å²) in [5, 5.41) is 3.36. The molecule has 1 N–H and O–H groups in total. The predicted molar refractivity (Wildman–Crippen MR) is 113 cm³/mol. The van der Waals surface area contributed by atoms with Crippen molar-refractivity contribution >= 4 is 52.2 Å². The van der Waals surface area contributed by atoms with Crippen LogP contribution in [-0.4, -0.2) is 53.3 Å². The first-order valence-electron chi connectivity index (χ1n) is 9.03. The first-order valence-corrected chi connectivity index (χ1v) is 10.6. The van der Waals surface area contributed by atoms with Gasteiger partial charge in [0.25, 0.3) is 0 Å². The number of halogens is 2. The van der Waals surface area contributed by atoms with Crippen LogP contribution in [0.1, 0.15) is 17.7 Å². The molecule has 1 saturated heterocycles. The van der Waals surface area contributed by atoms with Crippen molar-refractivity contribution < 1.29 is 9.59 Å². The van der Waals surface area contributed by atoms with E-state index in [1.54, 1.807) is 24.1 Å². The zero-order chi connectivity index (χ0) is 20.1. The van der Waals surface area contributed by atoms with Crippen molar-refractivity contribution in [2.45, 2.75) is 19.4 Å². The number of anilines is 1. The molecule has 0 aromatic carbocycles. The van der Waals surface area contributed by atoms with E-state index in [0.717, 1.165) is 35.1 Å². The van der Waals surface area contributed by atoms with Gasteiger partial charge >= 0.3 is 0 Å². The standard InChI is InChI=1S/C19H22Cl2N4O2S/c1-24(11-15-3-4-16(21)28-15)18(26)12-25-8-6-13(7-9-25)19(27)23-17-5-2-14(20)10-22-17/h2-5,10,13H,6-9,11-12H2,1H3,(H,22,23,27). The third-order valence-electron chi connectivity index (χ3n) is 4.74. The Morgan fingerprint density at radius 2 is 2.00 bits per heavy atom. The van der Waals surface area contributed by atoms with Gasteiger partial charge in [-0.15, -0.1) is 11.3 Å². The Morgan fingerprint density at radius 1 is 1.25 bits per heavy atom. The highest BCUT2D eigenvalue weighted by Gasteiger charge is 2.26. The van der Waals surface area contributed by atoms with Crippen LogP contribution in [0.4, 0.5) is 5.82 Å². The number of carbonyl (C=O) groups is 2. The van der Waals surface area contributed by atoms with Gasteiger partial charge in [0.1, 0.15) is 5.82 Å². The van der Waals surface area contributed by atoms with Gasteiger partial charge in [0.05, 0.1) is 22.4 Å². The Balaban J connectivity index is 1.42. The molecule has 1 aliphatic heterocycles. The van der Waals surface area contributed by atoms with Crippen LogP contribution in [-0.2, 0) is 16.1 Å². The van der Waals surface area contributed by atoms with Crippen LogP contribution in [0.2, 0.25) is 9.36 Å². The number of carbonyl (C=O) groups excluding carboxylic acids is 2. The number of likely N-dealkylation sites (N-methyl/N-ethyl adjacent to an activating group) is 1. The van der Waals surface area contributed by atoms with Gasteiger partial charge in [-0.1, -0.05) is 23.2 Å². The first-order chi connectivity index (χ1) is 13.4. The normalized spacial score (nSPS) is 15.4. The highest BCUT2D eigenvalue weighted by atomic mass is 35.5. The third kappa shape index (κ3) is 5.91. The van der Waals surface area contributed by atoms with E-state index in [4.69, 9.17) is 23.2 Å². The van der Waals surface area contributed by atoms with Gasteiger partial charge < -0.3 is 10.2 Å². The van der Waals surface area contributed by atoms with Crippen LogP contribution in [0.5, 0.6) is 0 Å². The van der Waals surface area contributed by atoms with Gasteiger partial charge in [-0.05, 0) is 50.2 Å². The Labute approximate surface area is 178 Å². The number of nitrogens with zero attached hydrogens (tertiary/aromatic N) is 3. The molecule has 2 amide bonds. The SMILES string of the molecule is CN(Cc1ccc(Cl)s1)C(=O)CN1CCC(C(=O)Nc2ccc(Cl)cn2)CC1. The largest absolute Gasteiger partial charge is 0.340 e. The number of pyridine rings is 1. The Morgan fingerprint density at radius 3 is 2.61 bits per heavy atom. The molecule has 0 spiro atoms. The van der Waals surface area contributed by atoms with Crippen LogP contribution in [0.25, 0.3) is 0 Å². The van der Waals surface area contributed by atoms with E-state index < -0.39 is 0 Å². The van der Waals surface area contributed by atoms with Crippen LogP contribution in [0.15, 0.2) is 30.5 Å². The molecule has 1 fully saturated rings. The van der Waals surface area contributed by atoms with E-state index in [2.05, 4.69) is 15.2 Å². The number of rotatable bonds is 6. The fourth-order valence-electron chi connectivity index (χ4n) is 3.10. The first kappa shape index (κ1) is 21.0. The number of thiophene rings is 1. The fourth-order valence-corrected chi connectivity index (χ4v) is 4.35. The number of likely N-dealkylation sites (tertiary alicyclic amines) is 1. The molecule has 2 aromatic heterocycles. The Bertz CT molecular complexity index is 820. The molecule has 28 heavy (non-hydrogen) atoms. The summed E-state index contributed by atoms with van der Waals surface area (Å²) in [6.45, 7) is 2.36. The maximum absolute atomic E-state index is 12.5. The van der Waals surface area contributed by atoms with Crippen molar-refractivity contribution in [2.75, 3.05) is 32.0 Å². The Kier molecular flexibility index (Phi) is 7.29. The van der Waals surface area contributed by atoms with E-state index in [1.165, 1.54) is 17.5 Å². The van der Waals surface area contributed by atoms with Gasteiger partial charge in [-0.25, -0.2) is 4.98 Å². The van der Waals surface area contributed by atoms with Crippen molar-refractivity contribution in [3.8, 4) is 0 Å². The van der Waals surface area contributed by atoms with Crippen molar-refractivity contribution in [3.05, 3.63) is 44.7 Å². The molecule has 0 aliphatic carbocycles. The number of amides is 2. The molecule has 9 heteroatoms. The lowest BCUT2D eigenvalue weighted by Gasteiger charge is -2.31. The van der Waals surface area contributed by atoms with E-state index in [-0.39, 0.29) is 17.7 Å². The quantitative estimate of drug-likeness (QED) is 0.742. The zero-order valence-corrected chi connectivity index (χ0v) is 17.9. The second-order valence-corrected chi connectivity index (χ2v) is 9.09. The summed E-state index contributed by atoms with van der Waals surface area (Å²) in [5.41, 5.74) is 0. The number of piperidine rings is 1. The van der Waals surface area contributed by atoms with Crippen LogP contribution in [0, 0.1) is 5.92 Å². The molecule has 150 valence electrons. The summed E-state index contributed by atoms with van der Waals surface area (Å²) in [5.74, 6) is 0.461. The predicted octanol–water partition coefficient (Wildman–Crippen LogP) is 3.76. The van der Waals surface area contributed by atoms with E-state index in [0.29, 0.717) is 23.9 Å². The summed E-state index contributed by atoms with van der Waals surface area (Å²) in [6.07, 6.45) is 2.94. The Hall–Kier alpha value is -1.67. The van der Waals surface area contributed by atoms with Crippen LogP contribution >= 0.6 is 34.5 Å². The minimum absolute atomic E-state index is 0.0347. The van der Waals surface area contributed by atoms with Gasteiger partial charge in [0.15, 0.2) is 0 Å². The smallest absolute Gasteiger partial charge is 0.236 e. The molecule has 3 heterocycles. The van der Waals surface area contributed by atoms with Crippen molar-refractivity contribution in [1.29, 1.82) is 0 Å². The number of hydrogen-bond donors (Lipinski definition) is 1. The maximum Gasteiger partial charge on any atom is 0.236 e. The number of aromatic nitrogens is 1. The summed E-state index contributed by atoms with van der Waals surface area (Å²) in [4.78, 5) is 33.8. The highest BCUT2D eigenvalue weighted by Crippen LogP contribution is 2.23. The second kappa shape index (κ2) is 9.69. The molecular formula is C19H22Cl2N4O2S. The molecule has 0 unspecified atom stereocenters. The van der Waals surface area contributed by atoms with Crippen molar-refractivity contribution in [1.82, 2.24) is 14.8 Å². The van der Waals surface area contributed by atoms with Crippen molar-refractivity contribution in [3.63, 3.8) is 0 Å². The lowest BCUT2D eigenvalue weighted by atomic mass is 9.96. The lowest BCUT2D eigenvalue weighted by molar-refractivity contribution is -0.132. The summed E-state index contributed by atoms with van der Waals surface area (Å²) >= 11 is 13.2. The molecule has 0 radical (unpaired) electrons. The second-order valence-electron chi connectivity index (χ2n) is 6.86. The molecular weight excluding hydrogens is 419 g/mol. The monoisotopic (exact) mass is 440 g/mol. The topological polar surface area (TPSA) is 65.5 Å². The maximum atomic E-state index is 12.5. The molecule has 3 rings (SSSR count). The van der Waals surface area contributed by atoms with Gasteiger partial charge in [-0.3, -0.25) is 14.5 Å². The van der Waals surface area contributed by atoms with Gasteiger partial charge in [0.2, 0.25) is 11.8 Å². The summed E-state index contributed by atoms with van der Waals surface area (Å²) < 4.78 is 0.727. The number of hydrogen-bond acceptors (Lipinski definition) is 5. The van der Waals surface area contributed by atoms with Gasteiger partial charge in [0, 0.05) is 24.0 Å².